The van der Waals surface area contributed by atoms with Gasteiger partial charge in [0.25, 0.3) is 0 Å². The molecule has 2 N–H and O–H groups in total. The van der Waals surface area contributed by atoms with E-state index in [-0.39, 0.29) is 0 Å². The first-order valence-corrected chi connectivity index (χ1v) is 6.15. The third-order valence-corrected chi connectivity index (χ3v) is 3.58. The molecule has 2 aromatic carbocycles. The predicted molar refractivity (Wildman–Crippen MR) is 69.8 cm³/mol. The summed E-state index contributed by atoms with van der Waals surface area (Å²) in [5, 5.41) is 19.2. The molecule has 88 valence electrons. The Morgan fingerprint density at radius 3 is 1.53 bits per heavy atom. The van der Waals surface area contributed by atoms with Crippen LogP contribution < -0.4 is 0 Å². The number of rotatable bonds is 2. The summed E-state index contributed by atoms with van der Waals surface area (Å²) < 4.78 is 0. The van der Waals surface area contributed by atoms with Crippen LogP contribution in [0.5, 0.6) is 11.5 Å². The molecule has 3 heteroatoms. The lowest BCUT2D eigenvalue weighted by Gasteiger charge is -2.05. The molecule has 0 heterocycles. The average molecular weight is 246 g/mol. The fourth-order valence-electron chi connectivity index (χ4n) is 1.44. The molecule has 2 rings (SSSR count). The minimum absolute atomic E-state index is 0.298. The highest BCUT2D eigenvalue weighted by Crippen LogP contribution is 2.33. The Hall–Kier alpha value is -1.61. The van der Waals surface area contributed by atoms with Gasteiger partial charge in [-0.05, 0) is 49.2 Å². The van der Waals surface area contributed by atoms with Crippen LogP contribution in [0.25, 0.3) is 0 Å². The summed E-state index contributed by atoms with van der Waals surface area (Å²) >= 11 is 1.51. The molecule has 0 aliphatic carbocycles. The molecule has 2 nitrogen and oxygen atoms in total. The largest absolute Gasteiger partial charge is 0.508 e. The number of hydrogen-bond acceptors (Lipinski definition) is 3. The first-order chi connectivity index (χ1) is 8.06. The van der Waals surface area contributed by atoms with E-state index in [2.05, 4.69) is 0 Å². The third-order valence-electron chi connectivity index (χ3n) is 2.60. The second-order valence-corrected chi connectivity index (χ2v) is 5.15. The van der Waals surface area contributed by atoms with E-state index in [0.29, 0.717) is 11.5 Å². The Labute approximate surface area is 105 Å². The molecule has 0 fully saturated rings. The van der Waals surface area contributed by atoms with Gasteiger partial charge in [-0.1, -0.05) is 23.9 Å². The summed E-state index contributed by atoms with van der Waals surface area (Å²) in [4.78, 5) is 1.91. The molecule has 0 amide bonds. The minimum Gasteiger partial charge on any atom is -0.508 e. The van der Waals surface area contributed by atoms with E-state index in [4.69, 9.17) is 0 Å². The molecule has 0 aromatic heterocycles. The topological polar surface area (TPSA) is 40.5 Å². The number of hydrogen-bond donors (Lipinski definition) is 2. The molecule has 0 bridgehead atoms. The van der Waals surface area contributed by atoms with Crippen molar-refractivity contribution in [1.82, 2.24) is 0 Å². The summed E-state index contributed by atoms with van der Waals surface area (Å²) in [6.07, 6.45) is 0. The van der Waals surface area contributed by atoms with Crippen molar-refractivity contribution in [3.8, 4) is 11.5 Å². The van der Waals surface area contributed by atoms with E-state index >= 15 is 0 Å². The molecular weight excluding hydrogens is 232 g/mol. The zero-order chi connectivity index (χ0) is 12.4. The van der Waals surface area contributed by atoms with E-state index in [0.717, 1.165) is 20.9 Å². The van der Waals surface area contributed by atoms with Crippen LogP contribution in [0, 0.1) is 13.8 Å². The van der Waals surface area contributed by atoms with Crippen molar-refractivity contribution in [2.45, 2.75) is 23.6 Å². The average Bonchev–Trinajstić information content (AvgIpc) is 2.29. The Bertz CT molecular complexity index is 500. The summed E-state index contributed by atoms with van der Waals surface area (Å²) in [5.41, 5.74) is 1.72. The van der Waals surface area contributed by atoms with Gasteiger partial charge >= 0.3 is 0 Å². The van der Waals surface area contributed by atoms with E-state index < -0.39 is 0 Å². The fraction of sp³-hybridized carbons (Fsp3) is 0.143. The smallest absolute Gasteiger partial charge is 0.119 e. The molecule has 0 atom stereocenters. The first kappa shape index (κ1) is 11.9. The van der Waals surface area contributed by atoms with Gasteiger partial charge in [-0.25, -0.2) is 0 Å². The van der Waals surface area contributed by atoms with Gasteiger partial charge in [-0.15, -0.1) is 0 Å². The maximum Gasteiger partial charge on any atom is 0.119 e. The van der Waals surface area contributed by atoms with Gasteiger partial charge < -0.3 is 10.2 Å². The Balaban J connectivity index is 2.25. The highest BCUT2D eigenvalue weighted by molar-refractivity contribution is 7.99. The number of aryl methyl sites for hydroxylation is 2. The van der Waals surface area contributed by atoms with Gasteiger partial charge in [0.15, 0.2) is 0 Å². The van der Waals surface area contributed by atoms with Crippen molar-refractivity contribution < 1.29 is 10.2 Å². The van der Waals surface area contributed by atoms with Gasteiger partial charge in [0.2, 0.25) is 0 Å². The summed E-state index contributed by atoms with van der Waals surface area (Å²) in [6.45, 7) is 3.73. The lowest BCUT2D eigenvalue weighted by atomic mass is 10.2. The van der Waals surface area contributed by atoms with Crippen molar-refractivity contribution in [1.29, 1.82) is 0 Å². The second kappa shape index (κ2) is 4.72. The normalized spacial score (nSPS) is 10.5. The SMILES string of the molecule is Cc1ccc(Sc2ccc(C)c(O)c2)cc1O. The summed E-state index contributed by atoms with van der Waals surface area (Å²) in [6, 6.07) is 11.1. The third kappa shape index (κ3) is 2.74. The molecule has 0 aliphatic rings. The zero-order valence-corrected chi connectivity index (χ0v) is 10.6. The van der Waals surface area contributed by atoms with E-state index in [1.807, 2.05) is 38.1 Å². The highest BCUT2D eigenvalue weighted by Gasteiger charge is 2.03. The fourth-order valence-corrected chi connectivity index (χ4v) is 2.33. The Kier molecular flexibility index (Phi) is 3.29. The number of benzene rings is 2. The number of aromatic hydroxyl groups is 2. The Morgan fingerprint density at radius 1 is 0.765 bits per heavy atom. The van der Waals surface area contributed by atoms with Gasteiger partial charge in [0, 0.05) is 9.79 Å². The van der Waals surface area contributed by atoms with Crippen molar-refractivity contribution in [2.75, 3.05) is 0 Å². The van der Waals surface area contributed by atoms with Crippen LogP contribution in [0.4, 0.5) is 0 Å². The van der Waals surface area contributed by atoms with Gasteiger partial charge in [-0.2, -0.15) is 0 Å². The first-order valence-electron chi connectivity index (χ1n) is 5.33. The van der Waals surface area contributed by atoms with E-state index in [1.165, 1.54) is 11.8 Å². The molecule has 0 radical (unpaired) electrons. The molecule has 0 unspecified atom stereocenters. The summed E-state index contributed by atoms with van der Waals surface area (Å²) in [7, 11) is 0. The standard InChI is InChI=1S/C14H14O2S/c1-9-3-5-11(7-13(9)15)17-12-6-4-10(2)14(16)8-12/h3-8,15-16H,1-2H3. The van der Waals surface area contributed by atoms with Crippen LogP contribution in [-0.4, -0.2) is 10.2 Å². The van der Waals surface area contributed by atoms with Crippen LogP contribution in [0.3, 0.4) is 0 Å². The van der Waals surface area contributed by atoms with Crippen LogP contribution >= 0.6 is 11.8 Å². The van der Waals surface area contributed by atoms with Gasteiger partial charge in [0.05, 0.1) is 0 Å². The number of phenolic OH excluding ortho intramolecular Hbond substituents is 2. The molecule has 17 heavy (non-hydrogen) atoms. The highest BCUT2D eigenvalue weighted by atomic mass is 32.2. The predicted octanol–water partition coefficient (Wildman–Crippen LogP) is 3.87. The van der Waals surface area contributed by atoms with Crippen molar-refractivity contribution >= 4 is 11.8 Å². The Morgan fingerprint density at radius 2 is 1.18 bits per heavy atom. The van der Waals surface area contributed by atoms with Gasteiger partial charge in [0.1, 0.15) is 11.5 Å². The second-order valence-electron chi connectivity index (χ2n) is 4.00. The van der Waals surface area contributed by atoms with E-state index in [1.54, 1.807) is 12.1 Å². The molecule has 0 spiro atoms. The molecular formula is C14H14O2S. The van der Waals surface area contributed by atoms with E-state index in [9.17, 15) is 10.2 Å². The maximum atomic E-state index is 9.61. The van der Waals surface area contributed by atoms with Crippen molar-refractivity contribution in [3.05, 3.63) is 47.5 Å². The molecule has 0 aliphatic heterocycles. The lowest BCUT2D eigenvalue weighted by molar-refractivity contribution is 0.469. The van der Waals surface area contributed by atoms with Gasteiger partial charge in [-0.3, -0.25) is 0 Å². The van der Waals surface area contributed by atoms with Crippen molar-refractivity contribution in [3.63, 3.8) is 0 Å². The molecule has 2 aromatic rings. The van der Waals surface area contributed by atoms with Crippen molar-refractivity contribution in [2.24, 2.45) is 0 Å². The van der Waals surface area contributed by atoms with Crippen LogP contribution in [-0.2, 0) is 0 Å². The van der Waals surface area contributed by atoms with Crippen LogP contribution in [0.15, 0.2) is 46.2 Å². The maximum absolute atomic E-state index is 9.61. The lowest BCUT2D eigenvalue weighted by Crippen LogP contribution is -1.79. The van der Waals surface area contributed by atoms with Crippen LogP contribution in [0.1, 0.15) is 11.1 Å². The number of phenols is 2. The van der Waals surface area contributed by atoms with Crippen LogP contribution in [0.2, 0.25) is 0 Å². The quantitative estimate of drug-likeness (QED) is 0.845. The monoisotopic (exact) mass is 246 g/mol. The molecule has 0 saturated carbocycles. The zero-order valence-electron chi connectivity index (χ0n) is 9.77. The summed E-state index contributed by atoms with van der Waals surface area (Å²) in [5.74, 6) is 0.595. The minimum atomic E-state index is 0.298. The molecule has 0 saturated heterocycles.